The van der Waals surface area contributed by atoms with E-state index in [9.17, 15) is 26.8 Å². The average Bonchev–Trinajstić information content (AvgIpc) is 3.59. The van der Waals surface area contributed by atoms with Gasteiger partial charge in [-0.1, -0.05) is 42.5 Å². The Morgan fingerprint density at radius 3 is 2.17 bits per heavy atom. The Labute approximate surface area is 266 Å². The number of nitrogens with one attached hydrogen (secondary N) is 2. The highest BCUT2D eigenvalue weighted by Crippen LogP contribution is 2.26. The summed E-state index contributed by atoms with van der Waals surface area (Å²) in [6.45, 7) is 0.445. The molecule has 2 N–H and O–H groups in total. The van der Waals surface area contributed by atoms with Gasteiger partial charge in [-0.3, -0.25) is 14.3 Å². The van der Waals surface area contributed by atoms with Gasteiger partial charge in [-0.15, -0.1) is 0 Å². The fourth-order valence-electron chi connectivity index (χ4n) is 5.01. The van der Waals surface area contributed by atoms with Crippen molar-refractivity contribution in [3.63, 3.8) is 0 Å². The molecular weight excluding hydrogens is 616 g/mol. The number of sulfonamides is 1. The Bertz CT molecular complexity index is 1720. The van der Waals surface area contributed by atoms with Crippen LogP contribution in [0.5, 0.6) is 5.75 Å². The van der Waals surface area contributed by atoms with Crippen molar-refractivity contribution >= 4 is 27.5 Å². The van der Waals surface area contributed by atoms with Gasteiger partial charge >= 0.3 is 0 Å². The van der Waals surface area contributed by atoms with Crippen LogP contribution >= 0.6 is 0 Å². The highest BCUT2D eigenvalue weighted by Gasteiger charge is 2.32. The van der Waals surface area contributed by atoms with E-state index in [-0.39, 0.29) is 29.0 Å². The highest BCUT2D eigenvalue weighted by atomic mass is 32.2. The summed E-state index contributed by atoms with van der Waals surface area (Å²) in [5, 5.41) is 2.93. The zero-order valence-corrected chi connectivity index (χ0v) is 25.6. The Kier molecular flexibility index (Phi) is 10.6. The number of hydrogen-bond acceptors (Lipinski definition) is 6. The van der Waals surface area contributed by atoms with Crippen LogP contribution in [0.2, 0.25) is 0 Å². The second-order valence-corrected chi connectivity index (χ2v) is 12.4. The second-order valence-electron chi connectivity index (χ2n) is 10.7. The molecule has 0 radical (unpaired) electrons. The summed E-state index contributed by atoms with van der Waals surface area (Å²) in [4.78, 5) is 28.8. The maximum Gasteiger partial charge on any atom is 0.261 e. The maximum atomic E-state index is 13.8. The van der Waals surface area contributed by atoms with Crippen molar-refractivity contribution in [3.05, 3.63) is 126 Å². The predicted octanol–water partition coefficient (Wildman–Crippen LogP) is 5.21. The second kappa shape index (κ2) is 15.0. The topological polar surface area (TPSA) is 114 Å². The molecule has 0 spiro atoms. The molecule has 1 heterocycles. The number of anilines is 1. The number of carbonyl (C=O) groups is 2. The first kappa shape index (κ1) is 32.6. The van der Waals surface area contributed by atoms with Crippen molar-refractivity contribution < 1.29 is 36.3 Å². The third kappa shape index (κ3) is 8.67. The molecule has 0 aliphatic carbocycles. The highest BCUT2D eigenvalue weighted by molar-refractivity contribution is 7.92. The zero-order chi connectivity index (χ0) is 32.5. The van der Waals surface area contributed by atoms with Gasteiger partial charge in [-0.25, -0.2) is 17.2 Å². The summed E-state index contributed by atoms with van der Waals surface area (Å²) in [6.07, 6.45) is 1.63. The van der Waals surface area contributed by atoms with Gasteiger partial charge in [-0.2, -0.15) is 0 Å². The largest absolute Gasteiger partial charge is 0.484 e. The monoisotopic (exact) mass is 649 g/mol. The number of hydrogen-bond donors (Lipinski definition) is 2. The van der Waals surface area contributed by atoms with Crippen molar-refractivity contribution in [2.24, 2.45) is 0 Å². The molecule has 12 heteroatoms. The zero-order valence-electron chi connectivity index (χ0n) is 24.8. The summed E-state index contributed by atoms with van der Waals surface area (Å²) in [5.74, 6) is -1.64. The number of rotatable bonds is 13. The molecule has 4 aromatic rings. The van der Waals surface area contributed by atoms with Gasteiger partial charge in [-0.05, 0) is 84.6 Å². The minimum Gasteiger partial charge on any atom is -0.484 e. The summed E-state index contributed by atoms with van der Waals surface area (Å²) in [5.41, 5.74) is 1.37. The Balaban J connectivity index is 1.33. The first-order valence-electron chi connectivity index (χ1n) is 14.7. The lowest BCUT2D eigenvalue weighted by Gasteiger charge is -2.32. The normalized spacial score (nSPS) is 15.1. The van der Waals surface area contributed by atoms with Crippen LogP contribution in [0, 0.1) is 11.6 Å². The molecule has 0 unspecified atom stereocenters. The van der Waals surface area contributed by atoms with Crippen molar-refractivity contribution in [3.8, 4) is 5.75 Å². The molecule has 9 nitrogen and oxygen atoms in total. The van der Waals surface area contributed by atoms with E-state index in [1.807, 2.05) is 0 Å². The van der Waals surface area contributed by atoms with Crippen LogP contribution in [0.15, 0.2) is 108 Å². The summed E-state index contributed by atoms with van der Waals surface area (Å²) >= 11 is 0. The lowest BCUT2D eigenvalue weighted by Crippen LogP contribution is -2.46. The molecule has 4 aromatic carbocycles. The number of halogens is 2. The molecular formula is C34H33F2N3O6S. The van der Waals surface area contributed by atoms with Crippen LogP contribution in [0.25, 0.3) is 0 Å². The number of ether oxygens (including phenoxy) is 2. The smallest absolute Gasteiger partial charge is 0.261 e. The van der Waals surface area contributed by atoms with Gasteiger partial charge < -0.3 is 19.7 Å². The summed E-state index contributed by atoms with van der Waals surface area (Å²) in [7, 11) is -3.97. The van der Waals surface area contributed by atoms with Crippen LogP contribution in [-0.2, 0) is 30.9 Å². The summed E-state index contributed by atoms with van der Waals surface area (Å²) in [6, 6.07) is 23.8. The lowest BCUT2D eigenvalue weighted by molar-refractivity contribution is -0.143. The summed E-state index contributed by atoms with van der Waals surface area (Å²) < 4.78 is 66.2. The Morgan fingerprint density at radius 1 is 0.891 bits per heavy atom. The van der Waals surface area contributed by atoms with E-state index in [0.717, 1.165) is 25.0 Å². The molecule has 2 atom stereocenters. The maximum absolute atomic E-state index is 13.8. The third-order valence-corrected chi connectivity index (χ3v) is 8.78. The van der Waals surface area contributed by atoms with Crippen molar-refractivity contribution in [1.29, 1.82) is 0 Å². The minimum atomic E-state index is -3.97. The van der Waals surface area contributed by atoms with E-state index in [1.54, 1.807) is 42.5 Å². The van der Waals surface area contributed by atoms with E-state index in [2.05, 4.69) is 10.0 Å². The van der Waals surface area contributed by atoms with Crippen LogP contribution in [0.1, 0.15) is 30.0 Å². The van der Waals surface area contributed by atoms with Crippen LogP contribution in [0.4, 0.5) is 14.5 Å². The van der Waals surface area contributed by atoms with Gasteiger partial charge in [0.1, 0.15) is 23.4 Å². The van der Waals surface area contributed by atoms with Crippen LogP contribution in [0.3, 0.4) is 0 Å². The molecule has 1 saturated heterocycles. The molecule has 46 heavy (non-hydrogen) atoms. The van der Waals surface area contributed by atoms with Gasteiger partial charge in [0.05, 0.1) is 11.0 Å². The Morgan fingerprint density at radius 2 is 1.54 bits per heavy atom. The van der Waals surface area contributed by atoms with E-state index in [4.69, 9.17) is 9.47 Å². The molecule has 0 saturated carbocycles. The fraction of sp³-hybridized carbons (Fsp3) is 0.235. The average molecular weight is 650 g/mol. The molecule has 2 amide bonds. The van der Waals surface area contributed by atoms with E-state index in [1.165, 1.54) is 53.4 Å². The molecule has 1 fully saturated rings. The first-order valence-corrected chi connectivity index (χ1v) is 16.2. The lowest BCUT2D eigenvalue weighted by atomic mass is 10.0. The third-order valence-electron chi connectivity index (χ3n) is 7.38. The van der Waals surface area contributed by atoms with Crippen LogP contribution in [-0.4, -0.2) is 51.0 Å². The predicted molar refractivity (Wildman–Crippen MR) is 167 cm³/mol. The van der Waals surface area contributed by atoms with Crippen molar-refractivity contribution in [2.75, 3.05) is 24.5 Å². The van der Waals surface area contributed by atoms with Crippen molar-refractivity contribution in [2.45, 2.75) is 36.4 Å². The number of benzene rings is 4. The molecule has 0 aromatic heterocycles. The fourth-order valence-corrected chi connectivity index (χ4v) is 6.07. The molecule has 1 aliphatic rings. The standard InChI is InChI=1S/C34H33F2N3O6S/c35-26-10-8-24(9-11-26)22-39(33(25-5-2-1-3-6-25)34(41)37-21-30-7-4-20-44-30)32(40)23-45-29-16-18-31(19-17-29)46(42,43)38-28-14-12-27(36)13-15-28/h1-3,5-6,8-19,30,33,38H,4,7,20-23H2,(H,37,41)/t30-,33-/m0/s1. The SMILES string of the molecule is O=C(NC[C@@H]1CCCO1)[C@H](c1ccccc1)N(Cc1ccc(F)cc1)C(=O)COc1ccc(S(=O)(=O)Nc2ccc(F)cc2)cc1. The first-order chi connectivity index (χ1) is 22.2. The van der Waals surface area contributed by atoms with Gasteiger partial charge in [0, 0.05) is 25.4 Å². The number of amides is 2. The quantitative estimate of drug-likeness (QED) is 0.206. The number of nitrogens with zero attached hydrogens (tertiary/aromatic N) is 1. The van der Waals surface area contributed by atoms with Gasteiger partial charge in [0.2, 0.25) is 5.91 Å². The van der Waals surface area contributed by atoms with Crippen LogP contribution < -0.4 is 14.8 Å². The molecule has 240 valence electrons. The van der Waals surface area contributed by atoms with E-state index >= 15 is 0 Å². The van der Waals surface area contributed by atoms with Gasteiger partial charge in [0.15, 0.2) is 6.61 Å². The van der Waals surface area contributed by atoms with E-state index < -0.39 is 46.1 Å². The molecule has 5 rings (SSSR count). The van der Waals surface area contributed by atoms with E-state index in [0.29, 0.717) is 24.3 Å². The van der Waals surface area contributed by atoms with Crippen molar-refractivity contribution in [1.82, 2.24) is 10.2 Å². The van der Waals surface area contributed by atoms with Gasteiger partial charge in [0.25, 0.3) is 15.9 Å². The Hall–Kier alpha value is -4.81. The number of carbonyl (C=O) groups excluding carboxylic acids is 2. The molecule has 0 bridgehead atoms. The minimum absolute atomic E-state index is 0.0123. The molecule has 1 aliphatic heterocycles.